The molecule has 0 aromatic heterocycles. The molecular formula is C16H24BrNO2S. The summed E-state index contributed by atoms with van der Waals surface area (Å²) in [6.45, 7) is 7.29. The lowest BCUT2D eigenvalue weighted by molar-refractivity contribution is 0.285. The second kappa shape index (κ2) is 6.39. The first-order valence-corrected chi connectivity index (χ1v) is 9.86. The highest BCUT2D eigenvalue weighted by atomic mass is 79.9. The van der Waals surface area contributed by atoms with Crippen molar-refractivity contribution >= 4 is 25.8 Å². The fourth-order valence-electron chi connectivity index (χ4n) is 3.22. The van der Waals surface area contributed by atoms with Gasteiger partial charge in [0.1, 0.15) is 0 Å². The van der Waals surface area contributed by atoms with Gasteiger partial charge in [0.25, 0.3) is 0 Å². The van der Waals surface area contributed by atoms with E-state index in [-0.39, 0.29) is 16.7 Å². The molecule has 0 bridgehead atoms. The molecule has 1 fully saturated rings. The molecule has 2 unspecified atom stereocenters. The van der Waals surface area contributed by atoms with Crippen molar-refractivity contribution in [3.05, 3.63) is 28.7 Å². The van der Waals surface area contributed by atoms with Gasteiger partial charge in [-0.3, -0.25) is 0 Å². The summed E-state index contributed by atoms with van der Waals surface area (Å²) >= 11 is 3.38. The maximum Gasteiger partial charge on any atom is 0.183 e. The maximum atomic E-state index is 13.0. The quantitative estimate of drug-likeness (QED) is 0.853. The minimum atomic E-state index is -3.33. The van der Waals surface area contributed by atoms with E-state index in [1.165, 1.54) is 0 Å². The van der Waals surface area contributed by atoms with Crippen molar-refractivity contribution in [2.24, 2.45) is 5.41 Å². The lowest BCUT2D eigenvalue weighted by Gasteiger charge is -2.31. The molecule has 21 heavy (non-hydrogen) atoms. The summed E-state index contributed by atoms with van der Waals surface area (Å²) in [6, 6.07) is 7.12. The Balaban J connectivity index is 2.37. The van der Waals surface area contributed by atoms with Crippen LogP contribution in [0.3, 0.4) is 0 Å². The van der Waals surface area contributed by atoms with Crippen LogP contribution < -0.4 is 5.32 Å². The van der Waals surface area contributed by atoms with Crippen LogP contribution in [0.15, 0.2) is 33.6 Å². The summed E-state index contributed by atoms with van der Waals surface area (Å²) in [5.41, 5.74) is 0.00810. The summed E-state index contributed by atoms with van der Waals surface area (Å²) in [6.07, 6.45) is 2.66. The standard InChI is InChI=1S/C16H24BrNO2S/c1-4-11-18-15-14(9-10-16(15,2)3)21(19,20)13-8-6-5-7-12(13)17/h5-8,14-15,18H,4,9-11H2,1-3H3. The summed E-state index contributed by atoms with van der Waals surface area (Å²) < 4.78 is 26.7. The Morgan fingerprint density at radius 1 is 1.33 bits per heavy atom. The lowest BCUT2D eigenvalue weighted by atomic mass is 9.87. The normalized spacial score (nSPS) is 25.1. The number of nitrogens with one attached hydrogen (secondary N) is 1. The molecule has 3 nitrogen and oxygen atoms in total. The van der Waals surface area contributed by atoms with Crippen molar-refractivity contribution in [2.75, 3.05) is 6.54 Å². The zero-order chi connectivity index (χ0) is 15.7. The molecule has 0 heterocycles. The summed E-state index contributed by atoms with van der Waals surface area (Å²) in [5.74, 6) is 0. The Hall–Kier alpha value is -0.390. The Morgan fingerprint density at radius 2 is 2.00 bits per heavy atom. The van der Waals surface area contributed by atoms with Crippen LogP contribution in [0.4, 0.5) is 0 Å². The summed E-state index contributed by atoms with van der Waals surface area (Å²) in [7, 11) is -3.33. The van der Waals surface area contributed by atoms with E-state index in [1.807, 2.05) is 6.07 Å². The van der Waals surface area contributed by atoms with Crippen molar-refractivity contribution in [3.63, 3.8) is 0 Å². The molecule has 1 aliphatic rings. The van der Waals surface area contributed by atoms with Crippen molar-refractivity contribution in [1.82, 2.24) is 5.32 Å². The highest BCUT2D eigenvalue weighted by Gasteiger charge is 2.48. The lowest BCUT2D eigenvalue weighted by Crippen LogP contribution is -2.47. The second-order valence-electron chi connectivity index (χ2n) is 6.47. The van der Waals surface area contributed by atoms with Crippen molar-refractivity contribution < 1.29 is 8.42 Å². The van der Waals surface area contributed by atoms with E-state index in [1.54, 1.807) is 18.2 Å². The highest BCUT2D eigenvalue weighted by Crippen LogP contribution is 2.43. The smallest absolute Gasteiger partial charge is 0.183 e. The first-order chi connectivity index (χ1) is 9.80. The van der Waals surface area contributed by atoms with Crippen molar-refractivity contribution in [1.29, 1.82) is 0 Å². The van der Waals surface area contributed by atoms with E-state index in [0.717, 1.165) is 25.8 Å². The molecule has 5 heteroatoms. The molecule has 0 amide bonds. The number of hydrogen-bond donors (Lipinski definition) is 1. The summed E-state index contributed by atoms with van der Waals surface area (Å²) in [5, 5.41) is 3.12. The van der Waals surface area contributed by atoms with E-state index < -0.39 is 9.84 Å². The van der Waals surface area contributed by atoms with Crippen LogP contribution in [0, 0.1) is 5.41 Å². The topological polar surface area (TPSA) is 46.2 Å². The van der Waals surface area contributed by atoms with Gasteiger partial charge in [-0.25, -0.2) is 8.42 Å². The molecule has 2 rings (SSSR count). The number of hydrogen-bond acceptors (Lipinski definition) is 3. The largest absolute Gasteiger partial charge is 0.312 e. The Bertz CT molecular complexity index is 598. The van der Waals surface area contributed by atoms with Crippen LogP contribution in [-0.2, 0) is 9.84 Å². The monoisotopic (exact) mass is 373 g/mol. The second-order valence-corrected chi connectivity index (χ2v) is 9.46. The third-order valence-corrected chi connectivity index (χ3v) is 7.67. The van der Waals surface area contributed by atoms with E-state index in [0.29, 0.717) is 9.37 Å². The van der Waals surface area contributed by atoms with Crippen molar-refractivity contribution in [3.8, 4) is 0 Å². The van der Waals surface area contributed by atoms with Gasteiger partial charge in [0, 0.05) is 10.5 Å². The van der Waals surface area contributed by atoms with Gasteiger partial charge in [-0.1, -0.05) is 32.9 Å². The number of halogens is 1. The molecule has 1 saturated carbocycles. The number of rotatable bonds is 5. The molecule has 1 aliphatic carbocycles. The van der Waals surface area contributed by atoms with Crippen LogP contribution in [0.1, 0.15) is 40.0 Å². The fraction of sp³-hybridized carbons (Fsp3) is 0.625. The van der Waals surface area contributed by atoms with Gasteiger partial charge in [-0.2, -0.15) is 0 Å². The molecule has 0 radical (unpaired) electrons. The number of sulfone groups is 1. The predicted octanol–water partition coefficient (Wildman–Crippen LogP) is 3.78. The van der Waals surface area contributed by atoms with Gasteiger partial charge in [-0.15, -0.1) is 0 Å². The Morgan fingerprint density at radius 3 is 2.62 bits per heavy atom. The minimum absolute atomic E-state index is 0.00810. The molecule has 1 aromatic carbocycles. The molecule has 1 aromatic rings. The average molecular weight is 374 g/mol. The third kappa shape index (κ3) is 3.35. The van der Waals surface area contributed by atoms with E-state index >= 15 is 0 Å². The van der Waals surface area contributed by atoms with Gasteiger partial charge in [0.05, 0.1) is 10.1 Å². The highest BCUT2D eigenvalue weighted by molar-refractivity contribution is 9.10. The van der Waals surface area contributed by atoms with Crippen molar-refractivity contribution in [2.45, 2.75) is 56.2 Å². The fourth-order valence-corrected chi connectivity index (χ4v) is 6.37. The van der Waals surface area contributed by atoms with Gasteiger partial charge in [-0.05, 0) is 59.3 Å². The van der Waals surface area contributed by atoms with Crippen LogP contribution in [0.25, 0.3) is 0 Å². The average Bonchev–Trinajstić information content (AvgIpc) is 2.72. The molecule has 1 N–H and O–H groups in total. The SMILES string of the molecule is CCCNC1C(S(=O)(=O)c2ccccc2Br)CCC1(C)C. The first kappa shape index (κ1) is 17.0. The molecule has 118 valence electrons. The van der Waals surface area contributed by atoms with Gasteiger partial charge in [0.15, 0.2) is 9.84 Å². The molecule has 0 spiro atoms. The number of benzene rings is 1. The Kier molecular flexibility index (Phi) is 5.16. The molecule has 0 saturated heterocycles. The van der Waals surface area contributed by atoms with E-state index in [9.17, 15) is 8.42 Å². The molecule has 0 aliphatic heterocycles. The van der Waals surface area contributed by atoms with Gasteiger partial charge in [0.2, 0.25) is 0 Å². The predicted molar refractivity (Wildman–Crippen MR) is 90.2 cm³/mol. The van der Waals surface area contributed by atoms with Crippen LogP contribution in [-0.4, -0.2) is 26.3 Å². The zero-order valence-corrected chi connectivity index (χ0v) is 15.3. The minimum Gasteiger partial charge on any atom is -0.312 e. The first-order valence-electron chi connectivity index (χ1n) is 7.52. The molecule has 2 atom stereocenters. The van der Waals surface area contributed by atoms with Gasteiger partial charge >= 0.3 is 0 Å². The van der Waals surface area contributed by atoms with E-state index in [4.69, 9.17) is 0 Å². The van der Waals surface area contributed by atoms with Crippen LogP contribution in [0.2, 0.25) is 0 Å². The Labute approximate surface area is 136 Å². The third-order valence-electron chi connectivity index (χ3n) is 4.44. The van der Waals surface area contributed by atoms with Gasteiger partial charge < -0.3 is 5.32 Å². The molecular weight excluding hydrogens is 350 g/mol. The van der Waals surface area contributed by atoms with E-state index in [2.05, 4.69) is 42.0 Å². The van der Waals surface area contributed by atoms with Crippen LogP contribution in [0.5, 0.6) is 0 Å². The zero-order valence-electron chi connectivity index (χ0n) is 12.9. The van der Waals surface area contributed by atoms with Crippen LogP contribution >= 0.6 is 15.9 Å². The maximum absolute atomic E-state index is 13.0. The summed E-state index contributed by atoms with van der Waals surface area (Å²) in [4.78, 5) is 0.413.